The fraction of sp³-hybridized carbons (Fsp3) is 0.562. The zero-order valence-corrected chi connectivity index (χ0v) is 13.0. The number of nitrogens with zero attached hydrogens (tertiary/aromatic N) is 4. The van der Waals surface area contributed by atoms with Crippen molar-refractivity contribution in [1.29, 1.82) is 0 Å². The quantitative estimate of drug-likeness (QED) is 0.941. The van der Waals surface area contributed by atoms with Gasteiger partial charge in [0.1, 0.15) is 6.33 Å². The molecule has 112 valence electrons. The summed E-state index contributed by atoms with van der Waals surface area (Å²) in [5.41, 5.74) is 3.38. The van der Waals surface area contributed by atoms with Crippen LogP contribution in [0.1, 0.15) is 38.7 Å². The summed E-state index contributed by atoms with van der Waals surface area (Å²) in [6.07, 6.45) is 5.53. The second kappa shape index (κ2) is 5.84. The van der Waals surface area contributed by atoms with E-state index in [1.807, 2.05) is 0 Å². The van der Waals surface area contributed by atoms with Crippen LogP contribution >= 0.6 is 0 Å². The first-order chi connectivity index (χ1) is 10.1. The molecule has 0 radical (unpaired) electrons. The Hall–Kier alpha value is -1.91. The van der Waals surface area contributed by atoms with E-state index < -0.39 is 0 Å². The van der Waals surface area contributed by atoms with E-state index in [9.17, 15) is 0 Å². The van der Waals surface area contributed by atoms with Gasteiger partial charge in [0.25, 0.3) is 0 Å². The minimum Gasteiger partial charge on any atom is -0.382 e. The summed E-state index contributed by atoms with van der Waals surface area (Å²) < 4.78 is 1.70. The van der Waals surface area contributed by atoms with E-state index in [1.54, 1.807) is 11.0 Å². The van der Waals surface area contributed by atoms with Crippen LogP contribution in [0.25, 0.3) is 5.69 Å². The normalized spacial score (nSPS) is 25.8. The van der Waals surface area contributed by atoms with Crippen molar-refractivity contribution in [3.8, 4) is 5.69 Å². The topological polar surface area (TPSA) is 55.6 Å². The van der Waals surface area contributed by atoms with Gasteiger partial charge in [0.05, 0.1) is 5.69 Å². The molecule has 3 rings (SSSR count). The van der Waals surface area contributed by atoms with Crippen LogP contribution in [-0.4, -0.2) is 26.2 Å². The predicted octanol–water partition coefficient (Wildman–Crippen LogP) is 3.21. The maximum Gasteiger partial charge on any atom is 0.143 e. The highest BCUT2D eigenvalue weighted by molar-refractivity contribution is 5.53. The number of hydrogen-bond donors (Lipinski definition) is 1. The zero-order chi connectivity index (χ0) is 14.8. The number of tetrazole rings is 1. The molecule has 0 amide bonds. The first kappa shape index (κ1) is 14.0. The molecule has 1 heterocycles. The summed E-state index contributed by atoms with van der Waals surface area (Å²) >= 11 is 0. The summed E-state index contributed by atoms with van der Waals surface area (Å²) in [7, 11) is 0. The second-order valence-electron chi connectivity index (χ2n) is 6.40. The molecular weight excluding hydrogens is 262 g/mol. The van der Waals surface area contributed by atoms with Crippen LogP contribution in [0.2, 0.25) is 0 Å². The molecule has 5 nitrogen and oxygen atoms in total. The Labute approximate surface area is 125 Å². The standard InChI is InChI=1S/C16H23N5/c1-11-4-6-15(12(2)8-11)18-14-5-7-16(13(3)9-14)21-10-17-19-20-21/h5,7,9-12,15,18H,4,6,8H2,1-3H3. The van der Waals surface area contributed by atoms with Crippen molar-refractivity contribution in [1.82, 2.24) is 20.2 Å². The lowest BCUT2D eigenvalue weighted by molar-refractivity contribution is 0.276. The van der Waals surface area contributed by atoms with Crippen molar-refractivity contribution >= 4 is 5.69 Å². The highest BCUT2D eigenvalue weighted by Crippen LogP contribution is 2.31. The van der Waals surface area contributed by atoms with Gasteiger partial charge in [-0.2, -0.15) is 0 Å². The van der Waals surface area contributed by atoms with Gasteiger partial charge in [-0.05, 0) is 72.2 Å². The van der Waals surface area contributed by atoms with E-state index in [1.165, 1.54) is 30.5 Å². The van der Waals surface area contributed by atoms with E-state index in [4.69, 9.17) is 0 Å². The van der Waals surface area contributed by atoms with Gasteiger partial charge in [-0.15, -0.1) is 5.10 Å². The van der Waals surface area contributed by atoms with Crippen LogP contribution in [0.5, 0.6) is 0 Å². The van der Waals surface area contributed by atoms with Crippen molar-refractivity contribution in [3.05, 3.63) is 30.1 Å². The van der Waals surface area contributed by atoms with Crippen molar-refractivity contribution in [3.63, 3.8) is 0 Å². The Morgan fingerprint density at radius 1 is 1.24 bits per heavy atom. The van der Waals surface area contributed by atoms with Gasteiger partial charge < -0.3 is 5.32 Å². The van der Waals surface area contributed by atoms with Crippen molar-refractivity contribution in [2.24, 2.45) is 11.8 Å². The van der Waals surface area contributed by atoms with Gasteiger partial charge in [-0.1, -0.05) is 13.8 Å². The molecule has 1 fully saturated rings. The molecule has 3 atom stereocenters. The Bertz CT molecular complexity index is 593. The van der Waals surface area contributed by atoms with E-state index in [0.29, 0.717) is 6.04 Å². The fourth-order valence-corrected chi connectivity index (χ4v) is 3.37. The molecule has 21 heavy (non-hydrogen) atoms. The van der Waals surface area contributed by atoms with E-state index in [-0.39, 0.29) is 0 Å². The molecular formula is C16H23N5. The fourth-order valence-electron chi connectivity index (χ4n) is 3.37. The molecule has 1 aromatic heterocycles. The maximum atomic E-state index is 3.95. The molecule has 2 aromatic rings. The average Bonchev–Trinajstić information content (AvgIpc) is 2.96. The SMILES string of the molecule is Cc1cc(NC2CCC(C)CC2C)ccc1-n1cnnn1. The third-order valence-corrected chi connectivity index (χ3v) is 4.58. The number of benzene rings is 1. The maximum absolute atomic E-state index is 3.95. The highest BCUT2D eigenvalue weighted by Gasteiger charge is 2.25. The predicted molar refractivity (Wildman–Crippen MR) is 83.5 cm³/mol. The van der Waals surface area contributed by atoms with Crippen molar-refractivity contribution in [2.75, 3.05) is 5.32 Å². The molecule has 0 saturated heterocycles. The summed E-state index contributed by atoms with van der Waals surface area (Å²) in [4.78, 5) is 0. The lowest BCUT2D eigenvalue weighted by Gasteiger charge is -2.34. The Balaban J connectivity index is 1.74. The zero-order valence-electron chi connectivity index (χ0n) is 13.0. The third kappa shape index (κ3) is 3.06. The Morgan fingerprint density at radius 2 is 2.10 bits per heavy atom. The summed E-state index contributed by atoms with van der Waals surface area (Å²) in [5, 5.41) is 15.0. The molecule has 1 aromatic carbocycles. The molecule has 1 aliphatic rings. The highest BCUT2D eigenvalue weighted by atomic mass is 15.5. The lowest BCUT2D eigenvalue weighted by atomic mass is 9.80. The van der Waals surface area contributed by atoms with Crippen molar-refractivity contribution in [2.45, 2.75) is 46.1 Å². The minimum absolute atomic E-state index is 0.583. The number of anilines is 1. The first-order valence-electron chi connectivity index (χ1n) is 7.74. The number of rotatable bonds is 3. The lowest BCUT2D eigenvalue weighted by Crippen LogP contribution is -2.33. The number of nitrogens with one attached hydrogen (secondary N) is 1. The Kier molecular flexibility index (Phi) is 3.90. The first-order valence-corrected chi connectivity index (χ1v) is 7.74. The number of aromatic nitrogens is 4. The van der Waals surface area contributed by atoms with E-state index in [0.717, 1.165) is 17.5 Å². The van der Waals surface area contributed by atoms with Gasteiger partial charge >= 0.3 is 0 Å². The second-order valence-corrected chi connectivity index (χ2v) is 6.40. The van der Waals surface area contributed by atoms with Crippen LogP contribution in [0.3, 0.4) is 0 Å². The summed E-state index contributed by atoms with van der Waals surface area (Å²) in [6, 6.07) is 6.96. The van der Waals surface area contributed by atoms with Gasteiger partial charge in [0, 0.05) is 11.7 Å². The van der Waals surface area contributed by atoms with Gasteiger partial charge in [-0.25, -0.2) is 4.68 Å². The van der Waals surface area contributed by atoms with Crippen LogP contribution in [0.15, 0.2) is 24.5 Å². The summed E-state index contributed by atoms with van der Waals surface area (Å²) in [5.74, 6) is 1.59. The average molecular weight is 285 g/mol. The Morgan fingerprint density at radius 3 is 2.76 bits per heavy atom. The summed E-state index contributed by atoms with van der Waals surface area (Å²) in [6.45, 7) is 6.81. The van der Waals surface area contributed by atoms with Crippen LogP contribution < -0.4 is 5.32 Å². The van der Waals surface area contributed by atoms with Crippen LogP contribution in [0.4, 0.5) is 5.69 Å². The molecule has 1 aliphatic carbocycles. The minimum atomic E-state index is 0.583. The molecule has 3 unspecified atom stereocenters. The number of aryl methyl sites for hydroxylation is 1. The molecule has 0 spiro atoms. The van der Waals surface area contributed by atoms with Crippen LogP contribution in [-0.2, 0) is 0 Å². The third-order valence-electron chi connectivity index (χ3n) is 4.58. The smallest absolute Gasteiger partial charge is 0.143 e. The molecule has 1 saturated carbocycles. The molecule has 1 N–H and O–H groups in total. The van der Waals surface area contributed by atoms with Crippen LogP contribution in [0, 0.1) is 18.8 Å². The number of hydrogen-bond acceptors (Lipinski definition) is 4. The largest absolute Gasteiger partial charge is 0.382 e. The van der Waals surface area contributed by atoms with E-state index >= 15 is 0 Å². The molecule has 5 heteroatoms. The van der Waals surface area contributed by atoms with Gasteiger partial charge in [0.2, 0.25) is 0 Å². The monoisotopic (exact) mass is 285 g/mol. The van der Waals surface area contributed by atoms with Gasteiger partial charge in [-0.3, -0.25) is 0 Å². The van der Waals surface area contributed by atoms with E-state index in [2.05, 4.69) is 59.8 Å². The van der Waals surface area contributed by atoms with Gasteiger partial charge in [0.15, 0.2) is 0 Å². The van der Waals surface area contributed by atoms with Crippen molar-refractivity contribution < 1.29 is 0 Å². The molecule has 0 bridgehead atoms. The molecule has 0 aliphatic heterocycles.